The lowest BCUT2D eigenvalue weighted by atomic mass is 10.1. The Morgan fingerprint density at radius 1 is 1.10 bits per heavy atom. The summed E-state index contributed by atoms with van der Waals surface area (Å²) in [5, 5.41) is 5.04. The highest BCUT2D eigenvalue weighted by atomic mass is 32.1. The number of nitrogens with one attached hydrogen (secondary N) is 1. The minimum atomic E-state index is -0.221. The van der Waals surface area contributed by atoms with Crippen LogP contribution in [0.5, 0.6) is 0 Å². The summed E-state index contributed by atoms with van der Waals surface area (Å²) in [7, 11) is 2.02. The van der Waals surface area contributed by atoms with Gasteiger partial charge in [0.2, 0.25) is 17.7 Å². The van der Waals surface area contributed by atoms with E-state index >= 15 is 0 Å². The minimum absolute atomic E-state index is 0.00826. The monoisotopic (exact) mass is 443 g/mol. The Kier molecular flexibility index (Phi) is 8.13. The van der Waals surface area contributed by atoms with Gasteiger partial charge in [-0.05, 0) is 31.6 Å². The number of anilines is 2. The number of carbonyl (C=O) groups excluding carboxylic acids is 3. The van der Waals surface area contributed by atoms with Gasteiger partial charge in [0, 0.05) is 63.2 Å². The summed E-state index contributed by atoms with van der Waals surface area (Å²) < 4.78 is 0. The molecule has 0 saturated heterocycles. The molecule has 0 fully saturated rings. The zero-order valence-corrected chi connectivity index (χ0v) is 18.9. The van der Waals surface area contributed by atoms with E-state index in [4.69, 9.17) is 0 Å². The molecular weight excluding hydrogens is 414 g/mol. The molecule has 1 N–H and O–H groups in total. The van der Waals surface area contributed by atoms with Gasteiger partial charge in [-0.2, -0.15) is 0 Å². The number of para-hydroxylation sites is 1. The van der Waals surface area contributed by atoms with Crippen LogP contribution < -0.4 is 10.2 Å². The van der Waals surface area contributed by atoms with Gasteiger partial charge in [-0.15, -0.1) is 11.3 Å². The lowest BCUT2D eigenvalue weighted by Gasteiger charge is -2.27. The van der Waals surface area contributed by atoms with Crippen LogP contribution in [0.25, 0.3) is 0 Å². The van der Waals surface area contributed by atoms with Crippen LogP contribution in [0.2, 0.25) is 0 Å². The molecule has 166 valence electrons. The van der Waals surface area contributed by atoms with Crippen LogP contribution in [0.3, 0.4) is 0 Å². The SMILES string of the molecule is CC(=O)N1CCCN(C)CCN(C(=O)CCC(=O)Nc2nccs2)Cc2ccccc21. The van der Waals surface area contributed by atoms with E-state index in [1.165, 1.54) is 11.3 Å². The first-order valence-corrected chi connectivity index (χ1v) is 11.3. The third-order valence-electron chi connectivity index (χ3n) is 5.29. The second-order valence-electron chi connectivity index (χ2n) is 7.66. The molecule has 0 spiro atoms. The first-order chi connectivity index (χ1) is 14.9. The molecule has 0 unspecified atom stereocenters. The first-order valence-electron chi connectivity index (χ1n) is 10.5. The van der Waals surface area contributed by atoms with Crippen molar-refractivity contribution in [3.63, 3.8) is 0 Å². The molecule has 3 amide bonds. The number of amides is 3. The van der Waals surface area contributed by atoms with E-state index in [1.54, 1.807) is 28.3 Å². The number of nitrogens with zero attached hydrogens (tertiary/aromatic N) is 4. The summed E-state index contributed by atoms with van der Waals surface area (Å²) in [4.78, 5) is 47.3. The maximum absolute atomic E-state index is 13.0. The summed E-state index contributed by atoms with van der Waals surface area (Å²) in [6, 6.07) is 7.73. The normalized spacial score (nSPS) is 15.7. The maximum atomic E-state index is 13.0. The van der Waals surface area contributed by atoms with Gasteiger partial charge in [0.25, 0.3) is 0 Å². The predicted octanol–water partition coefficient (Wildman–Crippen LogP) is 2.58. The number of likely N-dealkylation sites (N-methyl/N-ethyl adjacent to an activating group) is 1. The topological polar surface area (TPSA) is 85.9 Å². The fourth-order valence-electron chi connectivity index (χ4n) is 3.60. The predicted molar refractivity (Wildman–Crippen MR) is 122 cm³/mol. The highest BCUT2D eigenvalue weighted by Gasteiger charge is 2.22. The van der Waals surface area contributed by atoms with Crippen molar-refractivity contribution in [2.75, 3.05) is 43.4 Å². The second-order valence-corrected chi connectivity index (χ2v) is 8.55. The molecule has 0 aliphatic carbocycles. The fourth-order valence-corrected chi connectivity index (χ4v) is 4.15. The standard InChI is InChI=1S/C22H29N5O3S/c1-17(28)27-12-5-11-25(2)13-14-26(16-18-6-3-4-7-19(18)27)21(30)9-8-20(29)24-22-23-10-15-31-22/h3-4,6-7,10,15H,5,8-9,11-14,16H2,1-2H3,(H,23,24,29). The highest BCUT2D eigenvalue weighted by molar-refractivity contribution is 7.13. The van der Waals surface area contributed by atoms with Crippen LogP contribution in [0, 0.1) is 0 Å². The quantitative estimate of drug-likeness (QED) is 0.785. The molecular formula is C22H29N5O3S. The van der Waals surface area contributed by atoms with Crippen molar-refractivity contribution < 1.29 is 14.4 Å². The molecule has 3 rings (SSSR count). The zero-order valence-electron chi connectivity index (χ0n) is 18.0. The number of thiazole rings is 1. The molecule has 0 saturated carbocycles. The molecule has 1 aromatic heterocycles. The molecule has 0 bridgehead atoms. The fraction of sp³-hybridized carbons (Fsp3) is 0.455. The van der Waals surface area contributed by atoms with E-state index < -0.39 is 0 Å². The van der Waals surface area contributed by atoms with E-state index in [0.29, 0.717) is 24.8 Å². The Morgan fingerprint density at radius 2 is 1.90 bits per heavy atom. The number of carbonyl (C=O) groups is 3. The average molecular weight is 444 g/mol. The molecule has 0 radical (unpaired) electrons. The van der Waals surface area contributed by atoms with Crippen LogP contribution in [-0.4, -0.2) is 65.7 Å². The molecule has 2 heterocycles. The van der Waals surface area contributed by atoms with Gasteiger partial charge in [-0.3, -0.25) is 14.4 Å². The minimum Gasteiger partial charge on any atom is -0.337 e. The summed E-state index contributed by atoms with van der Waals surface area (Å²) >= 11 is 1.34. The van der Waals surface area contributed by atoms with Crippen molar-refractivity contribution in [1.82, 2.24) is 14.8 Å². The molecule has 1 aliphatic heterocycles. The lowest BCUT2D eigenvalue weighted by Crippen LogP contribution is -2.37. The molecule has 1 aromatic carbocycles. The highest BCUT2D eigenvalue weighted by Crippen LogP contribution is 2.24. The van der Waals surface area contributed by atoms with Crippen molar-refractivity contribution in [1.29, 1.82) is 0 Å². The number of hydrogen-bond acceptors (Lipinski definition) is 6. The number of fused-ring (bicyclic) bond motifs is 1. The van der Waals surface area contributed by atoms with Gasteiger partial charge >= 0.3 is 0 Å². The number of benzene rings is 1. The van der Waals surface area contributed by atoms with E-state index in [2.05, 4.69) is 15.2 Å². The largest absolute Gasteiger partial charge is 0.337 e. The third-order valence-corrected chi connectivity index (χ3v) is 5.98. The van der Waals surface area contributed by atoms with E-state index in [0.717, 1.165) is 30.8 Å². The van der Waals surface area contributed by atoms with Crippen molar-refractivity contribution in [3.05, 3.63) is 41.4 Å². The first kappa shape index (κ1) is 22.9. The van der Waals surface area contributed by atoms with Crippen molar-refractivity contribution in [2.24, 2.45) is 0 Å². The number of rotatable bonds is 4. The summed E-state index contributed by atoms with van der Waals surface area (Å²) in [6.07, 6.45) is 2.71. The summed E-state index contributed by atoms with van der Waals surface area (Å²) in [6.45, 7) is 4.76. The number of hydrogen-bond donors (Lipinski definition) is 1. The molecule has 9 heteroatoms. The van der Waals surface area contributed by atoms with Crippen LogP contribution in [0.15, 0.2) is 35.8 Å². The average Bonchev–Trinajstić information content (AvgIpc) is 3.24. The Balaban J connectivity index is 1.73. The van der Waals surface area contributed by atoms with Gasteiger partial charge in [0.05, 0.1) is 0 Å². The zero-order chi connectivity index (χ0) is 22.2. The Labute approximate surface area is 186 Å². The summed E-state index contributed by atoms with van der Waals surface area (Å²) in [5.41, 5.74) is 1.78. The Morgan fingerprint density at radius 3 is 2.65 bits per heavy atom. The Hall–Kier alpha value is -2.78. The summed E-state index contributed by atoms with van der Waals surface area (Å²) in [5.74, 6) is -0.307. The van der Waals surface area contributed by atoms with Crippen molar-refractivity contribution in [2.45, 2.75) is 32.7 Å². The second kappa shape index (κ2) is 11.0. The smallest absolute Gasteiger partial charge is 0.226 e. The van der Waals surface area contributed by atoms with Gasteiger partial charge < -0.3 is 20.0 Å². The molecule has 2 aromatic rings. The van der Waals surface area contributed by atoms with Crippen LogP contribution in [0.1, 0.15) is 31.7 Å². The molecule has 8 nitrogen and oxygen atoms in total. The van der Waals surface area contributed by atoms with Gasteiger partial charge in [0.15, 0.2) is 5.13 Å². The van der Waals surface area contributed by atoms with Gasteiger partial charge in [-0.25, -0.2) is 4.98 Å². The molecule has 1 aliphatic rings. The van der Waals surface area contributed by atoms with Crippen LogP contribution in [0.4, 0.5) is 10.8 Å². The van der Waals surface area contributed by atoms with E-state index in [9.17, 15) is 14.4 Å². The maximum Gasteiger partial charge on any atom is 0.226 e. The van der Waals surface area contributed by atoms with Crippen molar-refractivity contribution >= 4 is 39.9 Å². The Bertz CT molecular complexity index is 902. The van der Waals surface area contributed by atoms with Gasteiger partial charge in [-0.1, -0.05) is 18.2 Å². The van der Waals surface area contributed by atoms with Gasteiger partial charge in [0.1, 0.15) is 0 Å². The van der Waals surface area contributed by atoms with Crippen molar-refractivity contribution in [3.8, 4) is 0 Å². The molecule has 0 atom stereocenters. The third kappa shape index (κ3) is 6.60. The van der Waals surface area contributed by atoms with E-state index in [-0.39, 0.29) is 30.6 Å². The van der Waals surface area contributed by atoms with E-state index in [1.807, 2.05) is 31.3 Å². The van der Waals surface area contributed by atoms with Crippen LogP contribution >= 0.6 is 11.3 Å². The lowest BCUT2D eigenvalue weighted by molar-refractivity contribution is -0.133. The molecule has 31 heavy (non-hydrogen) atoms. The number of aromatic nitrogens is 1. The van der Waals surface area contributed by atoms with Crippen LogP contribution in [-0.2, 0) is 20.9 Å².